The molecule has 0 radical (unpaired) electrons. The minimum absolute atomic E-state index is 0.0234. The van der Waals surface area contributed by atoms with Crippen molar-refractivity contribution in [2.45, 2.75) is 44.6 Å². The first-order valence-electron chi connectivity index (χ1n) is 7.72. The van der Waals surface area contributed by atoms with E-state index in [4.69, 9.17) is 16.3 Å². The summed E-state index contributed by atoms with van der Waals surface area (Å²) < 4.78 is 6.02. The second kappa shape index (κ2) is 5.94. The van der Waals surface area contributed by atoms with Gasteiger partial charge in [0.05, 0.1) is 29.3 Å². The maximum absolute atomic E-state index is 11.4. The first-order chi connectivity index (χ1) is 10.6. The zero-order chi connectivity index (χ0) is 15.7. The van der Waals surface area contributed by atoms with E-state index in [-0.39, 0.29) is 6.42 Å². The number of carbonyl (C=O) groups is 1. The van der Waals surface area contributed by atoms with Gasteiger partial charge in [0.1, 0.15) is 5.60 Å². The van der Waals surface area contributed by atoms with Gasteiger partial charge in [0.25, 0.3) is 0 Å². The van der Waals surface area contributed by atoms with Gasteiger partial charge in [-0.1, -0.05) is 43.5 Å². The Morgan fingerprint density at radius 3 is 3.05 bits per heavy atom. The Labute approximate surface area is 134 Å². The molecule has 2 heterocycles. The van der Waals surface area contributed by atoms with Gasteiger partial charge in [-0.05, 0) is 24.5 Å². The fraction of sp³-hybridized carbons (Fsp3) is 0.471. The Bertz CT molecular complexity index is 709. The van der Waals surface area contributed by atoms with Crippen LogP contribution in [0.2, 0.25) is 5.02 Å². The number of H-pyrrole nitrogens is 1. The third-order valence-electron chi connectivity index (χ3n) is 4.45. The molecule has 5 heteroatoms. The number of aromatic nitrogens is 1. The number of benzene rings is 1. The van der Waals surface area contributed by atoms with Gasteiger partial charge in [0.15, 0.2) is 0 Å². The van der Waals surface area contributed by atoms with Crippen molar-refractivity contribution in [1.29, 1.82) is 0 Å². The van der Waals surface area contributed by atoms with Crippen LogP contribution in [0.15, 0.2) is 18.2 Å². The number of fused-ring (bicyclic) bond motifs is 3. The molecule has 1 aliphatic heterocycles. The van der Waals surface area contributed by atoms with E-state index < -0.39 is 11.6 Å². The highest BCUT2D eigenvalue weighted by Gasteiger charge is 2.41. The van der Waals surface area contributed by atoms with Gasteiger partial charge >= 0.3 is 5.97 Å². The van der Waals surface area contributed by atoms with Crippen molar-refractivity contribution in [1.82, 2.24) is 4.98 Å². The van der Waals surface area contributed by atoms with Crippen LogP contribution in [0.3, 0.4) is 0 Å². The number of aliphatic carboxylic acids is 1. The van der Waals surface area contributed by atoms with Crippen LogP contribution in [0.25, 0.3) is 10.9 Å². The molecule has 2 N–H and O–H groups in total. The van der Waals surface area contributed by atoms with Gasteiger partial charge < -0.3 is 14.8 Å². The topological polar surface area (TPSA) is 62.3 Å². The summed E-state index contributed by atoms with van der Waals surface area (Å²) in [6.07, 6.45) is 3.39. The number of unbranched alkanes of at least 4 members (excludes halogenated alkanes) is 1. The fourth-order valence-corrected chi connectivity index (χ4v) is 3.66. The largest absolute Gasteiger partial charge is 0.481 e. The number of nitrogens with one attached hydrogen (secondary N) is 1. The van der Waals surface area contributed by atoms with Gasteiger partial charge in [-0.2, -0.15) is 0 Å². The van der Waals surface area contributed by atoms with Gasteiger partial charge in [-0.15, -0.1) is 0 Å². The number of rotatable bonds is 5. The molecule has 1 aliphatic rings. The lowest BCUT2D eigenvalue weighted by molar-refractivity contribution is -0.149. The molecule has 118 valence electrons. The Morgan fingerprint density at radius 1 is 1.50 bits per heavy atom. The second-order valence-corrected chi connectivity index (χ2v) is 6.31. The number of para-hydroxylation sites is 1. The standard InChI is InChI=1S/C17H20ClNO3/c1-2-3-8-17(10-14(20)21)16-12(7-9-22-17)11-5-4-6-13(18)15(11)19-16/h4-6,19H,2-3,7-10H2,1H3,(H,20,21). The summed E-state index contributed by atoms with van der Waals surface area (Å²) in [5, 5.41) is 11.1. The van der Waals surface area contributed by atoms with Gasteiger partial charge in [0.2, 0.25) is 0 Å². The summed E-state index contributed by atoms with van der Waals surface area (Å²) in [4.78, 5) is 14.8. The molecule has 0 amide bonds. The molecule has 1 aromatic heterocycles. The molecule has 0 saturated carbocycles. The van der Waals surface area contributed by atoms with Crippen molar-refractivity contribution in [3.63, 3.8) is 0 Å². The summed E-state index contributed by atoms with van der Waals surface area (Å²) in [6, 6.07) is 5.81. The number of carboxylic acid groups (broad SMARTS) is 1. The zero-order valence-electron chi connectivity index (χ0n) is 12.6. The summed E-state index contributed by atoms with van der Waals surface area (Å²) >= 11 is 6.29. The van der Waals surface area contributed by atoms with E-state index in [0.29, 0.717) is 18.1 Å². The van der Waals surface area contributed by atoms with E-state index in [2.05, 4.69) is 11.9 Å². The minimum Gasteiger partial charge on any atom is -0.481 e. The number of hydrogen-bond donors (Lipinski definition) is 2. The van der Waals surface area contributed by atoms with E-state index in [1.54, 1.807) is 0 Å². The number of hydrogen-bond acceptors (Lipinski definition) is 2. The molecule has 0 saturated heterocycles. The van der Waals surface area contributed by atoms with E-state index in [9.17, 15) is 9.90 Å². The number of ether oxygens (including phenoxy) is 1. The molecule has 1 aromatic carbocycles. The molecule has 0 spiro atoms. The molecule has 22 heavy (non-hydrogen) atoms. The maximum atomic E-state index is 11.4. The molecular formula is C17H20ClNO3. The average Bonchev–Trinajstić information content (AvgIpc) is 2.87. The normalized spacial score (nSPS) is 21.0. The van der Waals surface area contributed by atoms with Gasteiger partial charge in [-0.25, -0.2) is 0 Å². The predicted molar refractivity (Wildman–Crippen MR) is 86.4 cm³/mol. The Morgan fingerprint density at radius 2 is 2.32 bits per heavy atom. The molecule has 3 rings (SSSR count). The highest BCUT2D eigenvalue weighted by atomic mass is 35.5. The molecule has 0 aliphatic carbocycles. The number of aromatic amines is 1. The fourth-order valence-electron chi connectivity index (χ4n) is 3.44. The highest BCUT2D eigenvalue weighted by molar-refractivity contribution is 6.35. The van der Waals surface area contributed by atoms with E-state index >= 15 is 0 Å². The monoisotopic (exact) mass is 321 g/mol. The molecule has 0 fully saturated rings. The van der Waals surface area contributed by atoms with Crippen molar-refractivity contribution >= 4 is 28.5 Å². The van der Waals surface area contributed by atoms with Crippen LogP contribution in [0.5, 0.6) is 0 Å². The summed E-state index contributed by atoms with van der Waals surface area (Å²) in [5.74, 6) is -0.839. The maximum Gasteiger partial charge on any atom is 0.306 e. The van der Waals surface area contributed by atoms with Crippen LogP contribution in [0.1, 0.15) is 43.9 Å². The summed E-state index contributed by atoms with van der Waals surface area (Å²) in [5.41, 5.74) is 2.17. The van der Waals surface area contributed by atoms with Gasteiger partial charge in [-0.3, -0.25) is 4.79 Å². The predicted octanol–water partition coefficient (Wildman–Crippen LogP) is 4.25. The van der Waals surface area contributed by atoms with Gasteiger partial charge in [0, 0.05) is 5.39 Å². The summed E-state index contributed by atoms with van der Waals surface area (Å²) in [6.45, 7) is 2.64. The van der Waals surface area contributed by atoms with Crippen molar-refractivity contribution in [3.05, 3.63) is 34.5 Å². The SMILES string of the molecule is CCCCC1(CC(=O)O)OCCc2c1[nH]c1c(Cl)cccc21. The van der Waals surface area contributed by atoms with E-state index in [0.717, 1.165) is 41.4 Å². The van der Waals surface area contributed by atoms with Crippen LogP contribution in [0.4, 0.5) is 0 Å². The Hall–Kier alpha value is -1.52. The average molecular weight is 322 g/mol. The van der Waals surface area contributed by atoms with Crippen LogP contribution >= 0.6 is 11.6 Å². The Balaban J connectivity index is 2.17. The second-order valence-electron chi connectivity index (χ2n) is 5.91. The first-order valence-corrected chi connectivity index (χ1v) is 8.10. The third kappa shape index (κ3) is 2.50. The quantitative estimate of drug-likeness (QED) is 0.865. The van der Waals surface area contributed by atoms with Crippen LogP contribution in [0, 0.1) is 0 Å². The molecule has 0 bridgehead atoms. The van der Waals surface area contributed by atoms with Crippen molar-refractivity contribution in [3.8, 4) is 0 Å². The molecule has 1 unspecified atom stereocenters. The minimum atomic E-state index is -0.839. The zero-order valence-corrected chi connectivity index (χ0v) is 13.4. The smallest absolute Gasteiger partial charge is 0.306 e. The summed E-state index contributed by atoms with van der Waals surface area (Å²) in [7, 11) is 0. The van der Waals surface area contributed by atoms with Crippen molar-refractivity contribution in [2.75, 3.05) is 6.61 Å². The van der Waals surface area contributed by atoms with Crippen LogP contribution in [-0.2, 0) is 21.6 Å². The Kier molecular flexibility index (Phi) is 4.15. The van der Waals surface area contributed by atoms with E-state index in [1.165, 1.54) is 0 Å². The lowest BCUT2D eigenvalue weighted by Crippen LogP contribution is -2.38. The van der Waals surface area contributed by atoms with E-state index in [1.807, 2.05) is 18.2 Å². The van der Waals surface area contributed by atoms with Crippen molar-refractivity contribution in [2.24, 2.45) is 0 Å². The first kappa shape index (κ1) is 15.4. The van der Waals surface area contributed by atoms with Crippen LogP contribution in [-0.4, -0.2) is 22.7 Å². The van der Waals surface area contributed by atoms with Crippen LogP contribution < -0.4 is 0 Å². The number of halogens is 1. The molecule has 1 atom stereocenters. The third-order valence-corrected chi connectivity index (χ3v) is 4.76. The highest BCUT2D eigenvalue weighted by Crippen LogP contribution is 2.43. The van der Waals surface area contributed by atoms with Crippen molar-refractivity contribution < 1.29 is 14.6 Å². The lowest BCUT2D eigenvalue weighted by Gasteiger charge is -2.36. The molecular weight excluding hydrogens is 302 g/mol. The molecule has 4 nitrogen and oxygen atoms in total. The lowest BCUT2D eigenvalue weighted by atomic mass is 9.84. The number of carboxylic acids is 1. The molecule has 2 aromatic rings.